The van der Waals surface area contributed by atoms with Crippen LogP contribution in [0, 0.1) is 12.7 Å². The lowest BCUT2D eigenvalue weighted by atomic mass is 10.2. The summed E-state index contributed by atoms with van der Waals surface area (Å²) in [5, 5.41) is 10.1. The Morgan fingerprint density at radius 2 is 2.24 bits per heavy atom. The van der Waals surface area contributed by atoms with Gasteiger partial charge in [0, 0.05) is 26.1 Å². The molecule has 0 aliphatic carbocycles. The summed E-state index contributed by atoms with van der Waals surface area (Å²) in [5.74, 6) is 2.06. The first kappa shape index (κ1) is 18.7. The zero-order chi connectivity index (χ0) is 18.1. The first-order valence-corrected chi connectivity index (χ1v) is 8.26. The Hall–Kier alpha value is -2.64. The third-order valence-electron chi connectivity index (χ3n) is 3.48. The van der Waals surface area contributed by atoms with E-state index in [0.717, 1.165) is 6.42 Å². The van der Waals surface area contributed by atoms with Crippen LogP contribution in [0.2, 0.25) is 0 Å². The molecule has 0 aliphatic rings. The zero-order valence-electron chi connectivity index (χ0n) is 14.8. The number of hydrogen-bond acceptors (Lipinski definition) is 5. The second-order valence-electron chi connectivity index (χ2n) is 5.47. The highest BCUT2D eigenvalue weighted by Gasteiger charge is 2.10. The van der Waals surface area contributed by atoms with E-state index in [-0.39, 0.29) is 11.9 Å². The standard InChI is InChI=1S/C17H24FN5O2/c1-4-14(24-15-7-5-6-13(18)10-15)11-21-17(19-3)20-9-8-16-22-12(2)23-25-16/h5-7,10,14H,4,8-9,11H2,1-3H3,(H2,19,20,21). The number of ether oxygens (including phenoxy) is 1. The number of nitrogens with zero attached hydrogens (tertiary/aromatic N) is 3. The molecule has 0 saturated heterocycles. The van der Waals surface area contributed by atoms with Crippen molar-refractivity contribution in [2.24, 2.45) is 4.99 Å². The van der Waals surface area contributed by atoms with Gasteiger partial charge in [-0.25, -0.2) is 4.39 Å². The number of rotatable bonds is 8. The summed E-state index contributed by atoms with van der Waals surface area (Å²) >= 11 is 0. The molecule has 8 heteroatoms. The number of aliphatic imine (C=N–C) groups is 1. The van der Waals surface area contributed by atoms with Crippen molar-refractivity contribution in [3.63, 3.8) is 0 Å². The minimum Gasteiger partial charge on any atom is -0.489 e. The molecule has 1 aromatic heterocycles. The number of guanidine groups is 1. The van der Waals surface area contributed by atoms with Gasteiger partial charge < -0.3 is 19.9 Å². The van der Waals surface area contributed by atoms with Crippen molar-refractivity contribution < 1.29 is 13.7 Å². The van der Waals surface area contributed by atoms with Crippen LogP contribution in [0.15, 0.2) is 33.8 Å². The van der Waals surface area contributed by atoms with E-state index in [1.54, 1.807) is 26.1 Å². The van der Waals surface area contributed by atoms with E-state index in [0.29, 0.717) is 42.9 Å². The summed E-state index contributed by atoms with van der Waals surface area (Å²) in [6.45, 7) is 4.96. The first-order valence-electron chi connectivity index (χ1n) is 8.26. The van der Waals surface area contributed by atoms with Crippen molar-refractivity contribution in [3.8, 4) is 5.75 Å². The van der Waals surface area contributed by atoms with Gasteiger partial charge in [-0.15, -0.1) is 0 Å². The van der Waals surface area contributed by atoms with Crippen LogP contribution in [0.3, 0.4) is 0 Å². The lowest BCUT2D eigenvalue weighted by Crippen LogP contribution is -2.43. The number of halogens is 1. The first-order chi connectivity index (χ1) is 12.1. The maximum absolute atomic E-state index is 13.2. The maximum Gasteiger partial charge on any atom is 0.228 e. The van der Waals surface area contributed by atoms with E-state index in [1.165, 1.54) is 12.1 Å². The van der Waals surface area contributed by atoms with Crippen molar-refractivity contribution in [3.05, 3.63) is 41.8 Å². The molecule has 0 aliphatic heterocycles. The molecule has 0 saturated carbocycles. The lowest BCUT2D eigenvalue weighted by Gasteiger charge is -2.20. The molecule has 136 valence electrons. The highest BCUT2D eigenvalue weighted by atomic mass is 19.1. The molecular formula is C17H24FN5O2. The Morgan fingerprint density at radius 3 is 2.88 bits per heavy atom. The molecular weight excluding hydrogens is 325 g/mol. The molecule has 2 rings (SSSR count). The van der Waals surface area contributed by atoms with Crippen LogP contribution in [0.25, 0.3) is 0 Å². The molecule has 7 nitrogen and oxygen atoms in total. The molecule has 0 fully saturated rings. The summed E-state index contributed by atoms with van der Waals surface area (Å²) in [6, 6.07) is 6.14. The molecule has 2 N–H and O–H groups in total. The van der Waals surface area contributed by atoms with Crippen LogP contribution < -0.4 is 15.4 Å². The second kappa shape index (κ2) is 9.61. The van der Waals surface area contributed by atoms with Crippen LogP contribution in [-0.2, 0) is 6.42 Å². The van der Waals surface area contributed by atoms with Gasteiger partial charge in [-0.3, -0.25) is 4.99 Å². The van der Waals surface area contributed by atoms with Crippen molar-refractivity contribution in [2.45, 2.75) is 32.8 Å². The largest absolute Gasteiger partial charge is 0.489 e. The fourth-order valence-electron chi connectivity index (χ4n) is 2.16. The zero-order valence-corrected chi connectivity index (χ0v) is 14.8. The van der Waals surface area contributed by atoms with Gasteiger partial charge in [-0.05, 0) is 25.5 Å². The van der Waals surface area contributed by atoms with E-state index >= 15 is 0 Å². The molecule has 2 aromatic rings. The number of hydrogen-bond donors (Lipinski definition) is 2. The summed E-state index contributed by atoms with van der Waals surface area (Å²) < 4.78 is 24.1. The van der Waals surface area contributed by atoms with Crippen molar-refractivity contribution in [2.75, 3.05) is 20.1 Å². The normalized spacial score (nSPS) is 12.7. The molecule has 1 heterocycles. The summed E-state index contributed by atoms with van der Waals surface area (Å²) in [6.07, 6.45) is 1.29. The predicted molar refractivity (Wildman–Crippen MR) is 93.2 cm³/mol. The van der Waals surface area contributed by atoms with Gasteiger partial charge >= 0.3 is 0 Å². The van der Waals surface area contributed by atoms with E-state index in [9.17, 15) is 4.39 Å². The van der Waals surface area contributed by atoms with Crippen LogP contribution in [-0.4, -0.2) is 42.3 Å². The molecule has 25 heavy (non-hydrogen) atoms. The molecule has 1 unspecified atom stereocenters. The van der Waals surface area contributed by atoms with E-state index in [4.69, 9.17) is 9.26 Å². The third-order valence-corrected chi connectivity index (χ3v) is 3.48. The minimum atomic E-state index is -0.311. The van der Waals surface area contributed by atoms with Crippen LogP contribution in [0.5, 0.6) is 5.75 Å². The summed E-state index contributed by atoms with van der Waals surface area (Å²) in [7, 11) is 1.70. The van der Waals surface area contributed by atoms with Gasteiger partial charge in [0.15, 0.2) is 11.8 Å². The van der Waals surface area contributed by atoms with Crippen molar-refractivity contribution in [1.82, 2.24) is 20.8 Å². The monoisotopic (exact) mass is 349 g/mol. The number of benzene rings is 1. The Bertz CT molecular complexity index is 689. The van der Waals surface area contributed by atoms with E-state index in [1.807, 2.05) is 6.92 Å². The van der Waals surface area contributed by atoms with Crippen molar-refractivity contribution >= 4 is 5.96 Å². The SMILES string of the molecule is CCC(CNC(=NC)NCCc1nc(C)no1)Oc1cccc(F)c1. The molecule has 0 bridgehead atoms. The fraction of sp³-hybridized carbons (Fsp3) is 0.471. The van der Waals surface area contributed by atoms with Gasteiger partial charge in [0.25, 0.3) is 0 Å². The Labute approximate surface area is 146 Å². The number of aromatic nitrogens is 2. The Morgan fingerprint density at radius 1 is 1.40 bits per heavy atom. The summed E-state index contributed by atoms with van der Waals surface area (Å²) in [4.78, 5) is 8.31. The van der Waals surface area contributed by atoms with Crippen LogP contribution in [0.1, 0.15) is 25.1 Å². The molecule has 1 aromatic carbocycles. The van der Waals surface area contributed by atoms with Gasteiger partial charge in [0.2, 0.25) is 5.89 Å². The highest BCUT2D eigenvalue weighted by Crippen LogP contribution is 2.14. The Kier molecular flexibility index (Phi) is 7.18. The Balaban J connectivity index is 1.75. The maximum atomic E-state index is 13.2. The van der Waals surface area contributed by atoms with Crippen molar-refractivity contribution in [1.29, 1.82) is 0 Å². The topological polar surface area (TPSA) is 84.6 Å². The fourth-order valence-corrected chi connectivity index (χ4v) is 2.16. The van der Waals surface area contributed by atoms with Gasteiger partial charge in [-0.2, -0.15) is 4.98 Å². The molecule has 0 radical (unpaired) electrons. The number of nitrogens with one attached hydrogen (secondary N) is 2. The van der Waals surface area contributed by atoms with Gasteiger partial charge in [0.1, 0.15) is 17.7 Å². The quantitative estimate of drug-likeness (QED) is 0.561. The molecule has 1 atom stereocenters. The average Bonchev–Trinajstić information content (AvgIpc) is 3.02. The molecule has 0 amide bonds. The molecule has 0 spiro atoms. The number of aryl methyl sites for hydroxylation is 1. The van der Waals surface area contributed by atoms with Crippen LogP contribution in [0.4, 0.5) is 4.39 Å². The summed E-state index contributed by atoms with van der Waals surface area (Å²) in [5.41, 5.74) is 0. The smallest absolute Gasteiger partial charge is 0.228 e. The second-order valence-corrected chi connectivity index (χ2v) is 5.47. The van der Waals surface area contributed by atoms with Crippen LogP contribution >= 0.6 is 0 Å². The average molecular weight is 349 g/mol. The van der Waals surface area contributed by atoms with Gasteiger partial charge in [0.05, 0.1) is 6.54 Å². The van der Waals surface area contributed by atoms with E-state index in [2.05, 4.69) is 25.8 Å². The highest BCUT2D eigenvalue weighted by molar-refractivity contribution is 5.79. The minimum absolute atomic E-state index is 0.0982. The van der Waals surface area contributed by atoms with Gasteiger partial charge in [-0.1, -0.05) is 18.1 Å². The lowest BCUT2D eigenvalue weighted by molar-refractivity contribution is 0.199. The third kappa shape index (κ3) is 6.40. The van der Waals surface area contributed by atoms with E-state index < -0.39 is 0 Å². The predicted octanol–water partition coefficient (Wildman–Crippen LogP) is 2.08.